The van der Waals surface area contributed by atoms with Gasteiger partial charge in [0.15, 0.2) is 0 Å². The quantitative estimate of drug-likeness (QED) is 0.652. The van der Waals surface area contributed by atoms with Crippen molar-refractivity contribution >= 4 is 0 Å². The fourth-order valence-corrected chi connectivity index (χ4v) is 1.94. The van der Waals surface area contributed by atoms with Crippen molar-refractivity contribution in [3.63, 3.8) is 0 Å². The third-order valence-electron chi connectivity index (χ3n) is 2.98. The maximum absolute atomic E-state index is 5.68. The van der Waals surface area contributed by atoms with Crippen LogP contribution in [0.15, 0.2) is 0 Å². The van der Waals surface area contributed by atoms with Gasteiger partial charge in [0, 0.05) is 19.1 Å². The second-order valence-corrected chi connectivity index (χ2v) is 4.48. The van der Waals surface area contributed by atoms with E-state index in [9.17, 15) is 0 Å². The number of nitrogens with two attached hydrogens (primary N) is 1. The molecule has 0 radical (unpaired) electrons. The van der Waals surface area contributed by atoms with Crippen LogP contribution in [0.4, 0.5) is 0 Å². The smallest absolute Gasteiger partial charge is 0.00505 e. The molecule has 2 nitrogen and oxygen atoms in total. The highest BCUT2D eigenvalue weighted by molar-refractivity contribution is 5.04. The van der Waals surface area contributed by atoms with Gasteiger partial charge in [-0.15, -0.1) is 0 Å². The zero-order valence-corrected chi connectivity index (χ0v) is 7.34. The van der Waals surface area contributed by atoms with Crippen LogP contribution >= 0.6 is 0 Å². The fourth-order valence-electron chi connectivity index (χ4n) is 1.94. The van der Waals surface area contributed by atoms with Gasteiger partial charge < -0.3 is 10.6 Å². The zero-order valence-electron chi connectivity index (χ0n) is 7.34. The lowest BCUT2D eigenvalue weighted by Crippen LogP contribution is -2.49. The fraction of sp³-hybridized carbons (Fsp3) is 1.00. The minimum absolute atomic E-state index is 0.380. The molecule has 0 bridgehead atoms. The maximum Gasteiger partial charge on any atom is 0.00505 e. The zero-order chi connectivity index (χ0) is 7.90. The Morgan fingerprint density at radius 2 is 2.09 bits per heavy atom. The van der Waals surface area contributed by atoms with Gasteiger partial charge in [-0.1, -0.05) is 0 Å². The molecular formula is C9H18N2. The maximum atomic E-state index is 5.68. The molecule has 1 aliphatic heterocycles. The first kappa shape index (κ1) is 7.56. The van der Waals surface area contributed by atoms with Crippen molar-refractivity contribution in [2.75, 3.05) is 19.6 Å². The number of hydrogen-bond acceptors (Lipinski definition) is 2. The van der Waals surface area contributed by atoms with Gasteiger partial charge in [0.1, 0.15) is 0 Å². The highest BCUT2D eigenvalue weighted by Crippen LogP contribution is 2.52. The summed E-state index contributed by atoms with van der Waals surface area (Å²) in [5.74, 6) is 0. The minimum Gasteiger partial charge on any atom is -0.328 e. The standard InChI is InChI=1S/C9H18N2/c1-8(10)2-5-11-6-9(7-11)3-4-9/h8H,2-7,10H2,1H3. The lowest BCUT2D eigenvalue weighted by Gasteiger charge is -2.40. The molecule has 1 saturated heterocycles. The molecule has 0 amide bonds. The van der Waals surface area contributed by atoms with Crippen LogP contribution in [0.1, 0.15) is 26.2 Å². The van der Waals surface area contributed by atoms with E-state index in [0.29, 0.717) is 6.04 Å². The summed E-state index contributed by atoms with van der Waals surface area (Å²) in [6, 6.07) is 0.380. The van der Waals surface area contributed by atoms with E-state index < -0.39 is 0 Å². The molecule has 64 valence electrons. The van der Waals surface area contributed by atoms with E-state index >= 15 is 0 Å². The molecule has 1 unspecified atom stereocenters. The van der Waals surface area contributed by atoms with Gasteiger partial charge in [0.25, 0.3) is 0 Å². The number of hydrogen-bond donors (Lipinski definition) is 1. The Bertz CT molecular complexity index is 142. The van der Waals surface area contributed by atoms with Crippen molar-refractivity contribution in [3.05, 3.63) is 0 Å². The summed E-state index contributed by atoms with van der Waals surface area (Å²) in [6.07, 6.45) is 4.14. The molecule has 2 rings (SSSR count). The molecule has 2 N–H and O–H groups in total. The average Bonchev–Trinajstić information content (AvgIpc) is 2.58. The van der Waals surface area contributed by atoms with Crippen molar-refractivity contribution in [3.8, 4) is 0 Å². The molecule has 1 atom stereocenters. The summed E-state index contributed by atoms with van der Waals surface area (Å²) < 4.78 is 0. The molecule has 1 spiro atoms. The van der Waals surface area contributed by atoms with Gasteiger partial charge in [0.05, 0.1) is 0 Å². The van der Waals surface area contributed by atoms with Crippen LogP contribution in [-0.2, 0) is 0 Å². The molecule has 11 heavy (non-hydrogen) atoms. The molecule has 0 aromatic heterocycles. The van der Waals surface area contributed by atoms with Crippen molar-refractivity contribution in [1.82, 2.24) is 4.90 Å². The first-order valence-electron chi connectivity index (χ1n) is 4.68. The summed E-state index contributed by atoms with van der Waals surface area (Å²) >= 11 is 0. The summed E-state index contributed by atoms with van der Waals surface area (Å²) in [5.41, 5.74) is 6.49. The van der Waals surface area contributed by atoms with Crippen molar-refractivity contribution in [1.29, 1.82) is 0 Å². The molecule has 2 fully saturated rings. The van der Waals surface area contributed by atoms with E-state index in [1.165, 1.54) is 32.5 Å². The number of likely N-dealkylation sites (tertiary alicyclic amines) is 1. The second kappa shape index (κ2) is 2.46. The first-order valence-corrected chi connectivity index (χ1v) is 4.68. The van der Waals surface area contributed by atoms with E-state index in [1.807, 2.05) is 0 Å². The first-order chi connectivity index (χ1) is 5.20. The second-order valence-electron chi connectivity index (χ2n) is 4.48. The van der Waals surface area contributed by atoms with E-state index in [4.69, 9.17) is 5.73 Å². The Hall–Kier alpha value is -0.0800. The Morgan fingerprint density at radius 1 is 1.45 bits per heavy atom. The van der Waals surface area contributed by atoms with E-state index in [2.05, 4.69) is 11.8 Å². The van der Waals surface area contributed by atoms with Gasteiger partial charge in [-0.25, -0.2) is 0 Å². The van der Waals surface area contributed by atoms with Crippen LogP contribution in [0.5, 0.6) is 0 Å². The van der Waals surface area contributed by atoms with E-state index in [0.717, 1.165) is 11.8 Å². The molecular weight excluding hydrogens is 136 g/mol. The van der Waals surface area contributed by atoms with Crippen LogP contribution < -0.4 is 5.73 Å². The largest absolute Gasteiger partial charge is 0.328 e. The minimum atomic E-state index is 0.380. The predicted octanol–water partition coefficient (Wildman–Crippen LogP) is 0.820. The molecule has 1 saturated carbocycles. The third kappa shape index (κ3) is 1.57. The monoisotopic (exact) mass is 154 g/mol. The Morgan fingerprint density at radius 3 is 2.55 bits per heavy atom. The lowest BCUT2D eigenvalue weighted by atomic mass is 9.96. The molecule has 2 heteroatoms. The van der Waals surface area contributed by atoms with Gasteiger partial charge in [-0.2, -0.15) is 0 Å². The van der Waals surface area contributed by atoms with Crippen molar-refractivity contribution < 1.29 is 0 Å². The lowest BCUT2D eigenvalue weighted by molar-refractivity contribution is 0.0791. The highest BCUT2D eigenvalue weighted by atomic mass is 15.2. The van der Waals surface area contributed by atoms with Gasteiger partial charge >= 0.3 is 0 Å². The Labute approximate surface area is 68.7 Å². The van der Waals surface area contributed by atoms with E-state index in [-0.39, 0.29) is 0 Å². The van der Waals surface area contributed by atoms with Gasteiger partial charge in [-0.05, 0) is 38.1 Å². The molecule has 0 aromatic carbocycles. The van der Waals surface area contributed by atoms with Crippen molar-refractivity contribution in [2.24, 2.45) is 11.1 Å². The van der Waals surface area contributed by atoms with Crippen LogP contribution in [0.2, 0.25) is 0 Å². The summed E-state index contributed by atoms with van der Waals surface area (Å²) in [4.78, 5) is 2.54. The molecule has 1 heterocycles. The molecule has 0 aromatic rings. The molecule has 1 aliphatic carbocycles. The van der Waals surface area contributed by atoms with Crippen LogP contribution in [0, 0.1) is 5.41 Å². The van der Waals surface area contributed by atoms with E-state index in [1.54, 1.807) is 0 Å². The Balaban J connectivity index is 1.60. The molecule has 2 aliphatic rings. The third-order valence-corrected chi connectivity index (χ3v) is 2.98. The summed E-state index contributed by atoms with van der Waals surface area (Å²) in [5, 5.41) is 0. The van der Waals surface area contributed by atoms with Gasteiger partial charge in [0.2, 0.25) is 0 Å². The normalized spacial score (nSPS) is 30.0. The SMILES string of the molecule is CC(N)CCN1CC2(CC2)C1. The van der Waals surface area contributed by atoms with Crippen LogP contribution in [-0.4, -0.2) is 30.6 Å². The highest BCUT2D eigenvalue weighted by Gasteiger charge is 2.51. The van der Waals surface area contributed by atoms with Crippen LogP contribution in [0.3, 0.4) is 0 Å². The topological polar surface area (TPSA) is 29.3 Å². The summed E-state index contributed by atoms with van der Waals surface area (Å²) in [7, 11) is 0. The van der Waals surface area contributed by atoms with Crippen molar-refractivity contribution in [2.45, 2.75) is 32.2 Å². The average molecular weight is 154 g/mol. The van der Waals surface area contributed by atoms with Gasteiger partial charge in [-0.3, -0.25) is 0 Å². The number of nitrogens with zero attached hydrogens (tertiary/aromatic N) is 1. The summed E-state index contributed by atoms with van der Waals surface area (Å²) in [6.45, 7) is 6.03. The Kier molecular flexibility index (Phi) is 1.69. The number of rotatable bonds is 3. The van der Waals surface area contributed by atoms with Crippen LogP contribution in [0.25, 0.3) is 0 Å². The predicted molar refractivity (Wildman–Crippen MR) is 46.4 cm³/mol.